The summed E-state index contributed by atoms with van der Waals surface area (Å²) in [5.74, 6) is -9.18. The Balaban J connectivity index is 1.67. The van der Waals surface area contributed by atoms with Gasteiger partial charge >= 0.3 is 5.92 Å². The van der Waals surface area contributed by atoms with Crippen LogP contribution < -0.4 is 10.8 Å². The molecule has 0 spiro atoms. The Morgan fingerprint density at radius 3 is 2.32 bits per heavy atom. The van der Waals surface area contributed by atoms with Crippen molar-refractivity contribution in [1.29, 1.82) is 0 Å². The molecule has 15 heteroatoms. The molecule has 0 bridgehead atoms. The summed E-state index contributed by atoms with van der Waals surface area (Å²) < 4.78 is 29.9. The number of carbonyl (C=O) groups excluding carboxylic acids is 4. The Morgan fingerprint density at radius 2 is 1.73 bits per heavy atom. The molecular weight excluding hydrogens is 498 g/mol. The number of rotatable bonds is 5. The molecule has 2 atom stereocenters. The Hall–Kier alpha value is -3.01. The van der Waals surface area contributed by atoms with Crippen LogP contribution >= 0.6 is 11.6 Å². The minimum Gasteiger partial charge on any atom is -0.398 e. The van der Waals surface area contributed by atoms with Crippen LogP contribution in [0.5, 0.6) is 0 Å². The Morgan fingerprint density at radius 1 is 1.11 bits per heavy atom. The number of alkyl halides is 2. The second kappa shape index (κ2) is 9.38. The highest BCUT2D eigenvalue weighted by atomic mass is 35.5. The standard InChI is InChI=1S/C22H13B5ClF2N3O4/c23-16-12(22(25,26)33(27)20(37)21(29,30)9-1-3-10(28)4-2-9)6-5-11-15(16)17(24)32(19(11)36)13-7-8-14(34)31-18(13)35/h1-6,13,17H,7-8H2,(H,31,34,35). The highest BCUT2D eigenvalue weighted by molar-refractivity contribution is 6.47. The fraction of sp³-hybridized carbons (Fsp3) is 0.273. The molecule has 37 heavy (non-hydrogen) atoms. The summed E-state index contributed by atoms with van der Waals surface area (Å²) in [4.78, 5) is 50.6. The van der Waals surface area contributed by atoms with E-state index in [0.29, 0.717) is 0 Å². The topological polar surface area (TPSA) is 86.8 Å². The van der Waals surface area contributed by atoms with Crippen molar-refractivity contribution < 1.29 is 28.0 Å². The number of amides is 4. The zero-order valence-electron chi connectivity index (χ0n) is 19.1. The van der Waals surface area contributed by atoms with Crippen LogP contribution in [0, 0.1) is 0 Å². The van der Waals surface area contributed by atoms with Gasteiger partial charge in [0.25, 0.3) is 11.8 Å². The van der Waals surface area contributed by atoms with Crippen molar-refractivity contribution in [3.05, 3.63) is 63.7 Å². The van der Waals surface area contributed by atoms with Gasteiger partial charge in [-0.25, -0.2) is 0 Å². The molecule has 0 saturated carbocycles. The van der Waals surface area contributed by atoms with E-state index >= 15 is 0 Å². The summed E-state index contributed by atoms with van der Waals surface area (Å²) >= 11 is 5.72. The van der Waals surface area contributed by atoms with Gasteiger partial charge in [0.15, 0.2) is 0 Å². The van der Waals surface area contributed by atoms with Crippen molar-refractivity contribution in [2.75, 3.05) is 0 Å². The van der Waals surface area contributed by atoms with Gasteiger partial charge < -0.3 is 9.71 Å². The van der Waals surface area contributed by atoms with E-state index in [1.807, 2.05) is 0 Å². The van der Waals surface area contributed by atoms with Crippen LogP contribution in [-0.2, 0) is 25.6 Å². The fourth-order valence-electron chi connectivity index (χ4n) is 4.41. The lowest BCUT2D eigenvalue weighted by atomic mass is 9.53. The van der Waals surface area contributed by atoms with Crippen molar-refractivity contribution in [1.82, 2.24) is 15.0 Å². The average molecular weight is 511 g/mol. The van der Waals surface area contributed by atoms with Gasteiger partial charge in [-0.3, -0.25) is 24.5 Å². The van der Waals surface area contributed by atoms with E-state index in [4.69, 9.17) is 51.0 Å². The SMILES string of the molecule is [B]c1c(C([B])([B])N([B])C(=O)C(F)(F)c2ccc(Cl)cc2)ccc2c1C([B])N(C1CCC(=O)NC1=O)C2=O. The molecule has 4 amide bonds. The first-order valence-corrected chi connectivity index (χ1v) is 11.2. The van der Waals surface area contributed by atoms with Gasteiger partial charge in [0.05, 0.1) is 15.7 Å². The van der Waals surface area contributed by atoms with Crippen molar-refractivity contribution in [2.24, 2.45) is 0 Å². The molecule has 176 valence electrons. The number of piperidine rings is 1. The molecule has 2 heterocycles. The molecule has 2 aromatic carbocycles. The number of benzene rings is 2. The van der Waals surface area contributed by atoms with Crippen LogP contribution in [0.1, 0.15) is 45.8 Å². The molecule has 1 N–H and O–H groups in total. The summed E-state index contributed by atoms with van der Waals surface area (Å²) in [5.41, 5.74) is -1.24. The van der Waals surface area contributed by atoms with Crippen molar-refractivity contribution in [3.63, 3.8) is 0 Å². The second-order valence-corrected chi connectivity index (χ2v) is 9.13. The predicted octanol–water partition coefficient (Wildman–Crippen LogP) is -0.287. The Kier molecular flexibility index (Phi) is 6.86. The first-order chi connectivity index (χ1) is 17.2. The van der Waals surface area contributed by atoms with Gasteiger partial charge in [-0.05, 0) is 41.1 Å². The lowest BCUT2D eigenvalue weighted by molar-refractivity contribution is -0.155. The number of nitrogens with zero attached hydrogens (tertiary/aromatic N) is 2. The number of carbonyl (C=O) groups is 4. The zero-order valence-corrected chi connectivity index (χ0v) is 19.8. The molecule has 2 aromatic rings. The fourth-order valence-corrected chi connectivity index (χ4v) is 4.54. The van der Waals surface area contributed by atoms with E-state index in [9.17, 15) is 28.0 Å². The molecule has 0 aromatic heterocycles. The molecule has 2 unspecified atom stereocenters. The largest absolute Gasteiger partial charge is 0.398 e. The van der Waals surface area contributed by atoms with E-state index in [2.05, 4.69) is 5.32 Å². The van der Waals surface area contributed by atoms with Crippen molar-refractivity contribution in [2.45, 2.75) is 36.1 Å². The molecule has 4 rings (SSSR count). The summed E-state index contributed by atoms with van der Waals surface area (Å²) in [6.45, 7) is 0. The van der Waals surface area contributed by atoms with Crippen LogP contribution in [-0.4, -0.2) is 78.7 Å². The third-order valence-electron chi connectivity index (χ3n) is 6.42. The minimum absolute atomic E-state index is 0.00916. The quantitative estimate of drug-likeness (QED) is 0.443. The predicted molar refractivity (Wildman–Crippen MR) is 134 cm³/mol. The van der Waals surface area contributed by atoms with E-state index in [0.717, 1.165) is 23.1 Å². The normalized spacial score (nSPS) is 20.0. The Bertz CT molecular complexity index is 1330. The van der Waals surface area contributed by atoms with Crippen LogP contribution in [0.15, 0.2) is 36.4 Å². The molecule has 2 aliphatic heterocycles. The number of hydrogen-bond donors (Lipinski definition) is 1. The van der Waals surface area contributed by atoms with Gasteiger partial charge in [-0.2, -0.15) is 8.78 Å². The van der Waals surface area contributed by atoms with E-state index < -0.39 is 52.4 Å². The summed E-state index contributed by atoms with van der Waals surface area (Å²) in [5, 5.41) is -0.255. The number of fused-ring (bicyclic) bond motifs is 1. The maximum atomic E-state index is 14.9. The first kappa shape index (κ1) is 27.0. The van der Waals surface area contributed by atoms with Gasteiger partial charge in [-0.15, -0.1) is 0 Å². The molecule has 7 nitrogen and oxygen atoms in total. The maximum Gasteiger partial charge on any atom is 0.348 e. The van der Waals surface area contributed by atoms with Crippen LogP contribution in [0.2, 0.25) is 5.02 Å². The molecule has 1 saturated heterocycles. The summed E-state index contributed by atoms with van der Waals surface area (Å²) in [6.07, 6.45) is 0.0260. The highest BCUT2D eigenvalue weighted by Crippen LogP contribution is 2.37. The summed E-state index contributed by atoms with van der Waals surface area (Å²) in [6, 6.07) is 5.56. The van der Waals surface area contributed by atoms with E-state index in [1.165, 1.54) is 18.2 Å². The first-order valence-electron chi connectivity index (χ1n) is 10.8. The second-order valence-electron chi connectivity index (χ2n) is 8.69. The monoisotopic (exact) mass is 511 g/mol. The molecule has 10 radical (unpaired) electrons. The zero-order chi connectivity index (χ0) is 27.4. The highest BCUT2D eigenvalue weighted by Gasteiger charge is 2.47. The van der Waals surface area contributed by atoms with Crippen LogP contribution in [0.3, 0.4) is 0 Å². The smallest absolute Gasteiger partial charge is 0.348 e. The number of halogens is 3. The molecule has 1 fully saturated rings. The molecule has 0 aliphatic carbocycles. The molecular formula is C22H13B5ClF2N3O4. The average Bonchev–Trinajstić information content (AvgIpc) is 3.09. The number of imide groups is 1. The number of nitrogens with one attached hydrogen (secondary N) is 1. The van der Waals surface area contributed by atoms with Gasteiger partial charge in [0, 0.05) is 28.5 Å². The third kappa shape index (κ3) is 4.39. The minimum atomic E-state index is -4.14. The van der Waals surface area contributed by atoms with Crippen LogP contribution in [0.25, 0.3) is 0 Å². The number of hydrogen-bond acceptors (Lipinski definition) is 4. The molecule has 2 aliphatic rings. The van der Waals surface area contributed by atoms with Crippen molar-refractivity contribution in [3.8, 4) is 0 Å². The van der Waals surface area contributed by atoms with Crippen LogP contribution in [0.4, 0.5) is 8.78 Å². The maximum absolute atomic E-state index is 14.9. The summed E-state index contributed by atoms with van der Waals surface area (Å²) in [7, 11) is 30.3. The Labute approximate surface area is 222 Å². The lowest BCUT2D eigenvalue weighted by Crippen LogP contribution is -2.55. The van der Waals surface area contributed by atoms with Gasteiger partial charge in [0.1, 0.15) is 21.7 Å². The van der Waals surface area contributed by atoms with Gasteiger partial charge in [0.2, 0.25) is 19.8 Å². The van der Waals surface area contributed by atoms with E-state index in [1.54, 1.807) is 0 Å². The van der Waals surface area contributed by atoms with E-state index in [-0.39, 0.29) is 44.8 Å². The van der Waals surface area contributed by atoms with Crippen molar-refractivity contribution >= 4 is 80.1 Å². The van der Waals surface area contributed by atoms with Gasteiger partial charge in [-0.1, -0.05) is 35.3 Å². The third-order valence-corrected chi connectivity index (χ3v) is 6.67. The lowest BCUT2D eigenvalue weighted by Gasteiger charge is -2.42.